The summed E-state index contributed by atoms with van der Waals surface area (Å²) in [6, 6.07) is 3.70. The van der Waals surface area contributed by atoms with Gasteiger partial charge in [0.15, 0.2) is 5.78 Å². The second kappa shape index (κ2) is 4.37. The highest BCUT2D eigenvalue weighted by Crippen LogP contribution is 2.22. The fraction of sp³-hybridized carbons (Fsp3) is 0.357. The van der Waals surface area contributed by atoms with E-state index in [9.17, 15) is 4.79 Å². The zero-order valence-electron chi connectivity index (χ0n) is 10.4. The van der Waals surface area contributed by atoms with Crippen LogP contribution in [0.25, 0.3) is 5.82 Å². The lowest BCUT2D eigenvalue weighted by Crippen LogP contribution is -2.08. The number of aromatic nitrogens is 3. The van der Waals surface area contributed by atoms with Crippen LogP contribution in [0.3, 0.4) is 0 Å². The van der Waals surface area contributed by atoms with Crippen molar-refractivity contribution in [3.8, 4) is 5.82 Å². The molecule has 0 amide bonds. The highest BCUT2D eigenvalue weighted by Gasteiger charge is 2.16. The lowest BCUT2D eigenvalue weighted by molar-refractivity contribution is 0.101. The molecule has 1 aliphatic rings. The summed E-state index contributed by atoms with van der Waals surface area (Å²) in [7, 11) is 0. The summed E-state index contributed by atoms with van der Waals surface area (Å²) >= 11 is 0. The van der Waals surface area contributed by atoms with Crippen LogP contribution in [0.5, 0.6) is 0 Å². The van der Waals surface area contributed by atoms with E-state index in [1.807, 2.05) is 23.0 Å². The maximum absolute atomic E-state index is 11.2. The van der Waals surface area contributed by atoms with Crippen molar-refractivity contribution in [1.29, 1.82) is 0 Å². The van der Waals surface area contributed by atoms with Crippen LogP contribution in [0.1, 0.15) is 41.5 Å². The summed E-state index contributed by atoms with van der Waals surface area (Å²) in [5.41, 5.74) is 3.11. The van der Waals surface area contributed by atoms with E-state index in [-0.39, 0.29) is 5.78 Å². The first-order chi connectivity index (χ1) is 8.75. The molecule has 0 fully saturated rings. The number of hydrogen-bond acceptors (Lipinski definition) is 3. The minimum atomic E-state index is 0.0433. The normalized spacial score (nSPS) is 14.3. The van der Waals surface area contributed by atoms with E-state index in [0.717, 1.165) is 18.7 Å². The van der Waals surface area contributed by atoms with Gasteiger partial charge < -0.3 is 0 Å². The van der Waals surface area contributed by atoms with Gasteiger partial charge in [-0.15, -0.1) is 0 Å². The minimum absolute atomic E-state index is 0.0433. The quantitative estimate of drug-likeness (QED) is 0.758. The van der Waals surface area contributed by atoms with Crippen molar-refractivity contribution in [2.45, 2.75) is 32.6 Å². The minimum Gasteiger partial charge on any atom is -0.294 e. The monoisotopic (exact) mass is 241 g/mol. The van der Waals surface area contributed by atoms with E-state index in [0.29, 0.717) is 5.56 Å². The van der Waals surface area contributed by atoms with Gasteiger partial charge in [-0.25, -0.2) is 9.97 Å². The van der Waals surface area contributed by atoms with Crippen LogP contribution in [0.2, 0.25) is 0 Å². The number of fused-ring (bicyclic) bond motifs is 1. The van der Waals surface area contributed by atoms with E-state index >= 15 is 0 Å². The van der Waals surface area contributed by atoms with E-state index in [2.05, 4.69) is 9.97 Å². The number of imidazole rings is 1. The molecule has 92 valence electrons. The third-order valence-electron chi connectivity index (χ3n) is 3.43. The van der Waals surface area contributed by atoms with Crippen LogP contribution in [-0.4, -0.2) is 20.3 Å². The van der Waals surface area contributed by atoms with Crippen molar-refractivity contribution >= 4 is 5.78 Å². The topological polar surface area (TPSA) is 47.8 Å². The van der Waals surface area contributed by atoms with Gasteiger partial charge in [-0.1, -0.05) is 0 Å². The molecular weight excluding hydrogens is 226 g/mol. The van der Waals surface area contributed by atoms with Gasteiger partial charge in [-0.2, -0.15) is 0 Å². The standard InChI is InChI=1S/C14H15N3O/c1-10(18)11-6-7-14(15-8-11)17-9-16-12-4-2-3-5-13(12)17/h6-9H,2-5H2,1H3. The molecule has 0 saturated carbocycles. The lowest BCUT2D eigenvalue weighted by Gasteiger charge is -2.13. The highest BCUT2D eigenvalue weighted by atomic mass is 16.1. The molecule has 3 rings (SSSR count). The predicted molar refractivity (Wildman–Crippen MR) is 68.0 cm³/mol. The molecule has 0 saturated heterocycles. The number of carbonyl (C=O) groups is 1. The SMILES string of the molecule is CC(=O)c1ccc(-n2cnc3c2CCCC3)nc1. The summed E-state index contributed by atoms with van der Waals surface area (Å²) in [6.45, 7) is 1.55. The van der Waals surface area contributed by atoms with Crippen molar-refractivity contribution in [3.05, 3.63) is 41.6 Å². The van der Waals surface area contributed by atoms with Crippen molar-refractivity contribution in [2.75, 3.05) is 0 Å². The molecule has 4 nitrogen and oxygen atoms in total. The fourth-order valence-electron chi connectivity index (χ4n) is 2.40. The van der Waals surface area contributed by atoms with Crippen LogP contribution in [0.15, 0.2) is 24.7 Å². The van der Waals surface area contributed by atoms with Gasteiger partial charge in [0.05, 0.1) is 5.69 Å². The average molecular weight is 241 g/mol. The van der Waals surface area contributed by atoms with Crippen molar-refractivity contribution in [2.24, 2.45) is 0 Å². The number of carbonyl (C=O) groups excluding carboxylic acids is 1. The van der Waals surface area contributed by atoms with Gasteiger partial charge in [0.2, 0.25) is 0 Å². The molecule has 0 bridgehead atoms. The molecule has 2 aromatic rings. The van der Waals surface area contributed by atoms with Crippen LogP contribution in [0.4, 0.5) is 0 Å². The molecule has 0 aromatic carbocycles. The second-order valence-corrected chi connectivity index (χ2v) is 4.68. The van der Waals surface area contributed by atoms with E-state index in [1.54, 1.807) is 13.1 Å². The number of Topliss-reactive ketones (excluding diaryl/α,β-unsaturated/α-hetero) is 1. The smallest absolute Gasteiger partial charge is 0.161 e. The molecule has 0 unspecified atom stereocenters. The fourth-order valence-corrected chi connectivity index (χ4v) is 2.40. The number of pyridine rings is 1. The second-order valence-electron chi connectivity index (χ2n) is 4.68. The summed E-state index contributed by atoms with van der Waals surface area (Å²) in [6.07, 6.45) is 8.03. The Hall–Kier alpha value is -1.97. The Labute approximate surface area is 106 Å². The van der Waals surface area contributed by atoms with Crippen LogP contribution in [0, 0.1) is 0 Å². The molecule has 0 N–H and O–H groups in total. The summed E-state index contributed by atoms with van der Waals surface area (Å²) in [5.74, 6) is 0.886. The van der Waals surface area contributed by atoms with Crippen molar-refractivity contribution in [3.63, 3.8) is 0 Å². The molecule has 0 aliphatic heterocycles. The molecule has 1 aliphatic carbocycles. The summed E-state index contributed by atoms with van der Waals surface area (Å²) in [5, 5.41) is 0. The Balaban J connectivity index is 1.99. The van der Waals surface area contributed by atoms with Crippen LogP contribution < -0.4 is 0 Å². The Morgan fingerprint density at radius 3 is 2.78 bits per heavy atom. The van der Waals surface area contributed by atoms with E-state index in [4.69, 9.17) is 0 Å². The van der Waals surface area contributed by atoms with Crippen LogP contribution in [-0.2, 0) is 12.8 Å². The highest BCUT2D eigenvalue weighted by molar-refractivity contribution is 5.93. The molecule has 2 heterocycles. The first-order valence-electron chi connectivity index (χ1n) is 6.28. The third kappa shape index (κ3) is 1.83. The Morgan fingerprint density at radius 1 is 1.22 bits per heavy atom. The average Bonchev–Trinajstić information content (AvgIpc) is 2.82. The van der Waals surface area contributed by atoms with Gasteiger partial charge in [0.25, 0.3) is 0 Å². The summed E-state index contributed by atoms with van der Waals surface area (Å²) < 4.78 is 2.04. The maximum atomic E-state index is 11.2. The number of aryl methyl sites for hydroxylation is 1. The zero-order chi connectivity index (χ0) is 12.5. The van der Waals surface area contributed by atoms with E-state index in [1.165, 1.54) is 24.2 Å². The lowest BCUT2D eigenvalue weighted by atomic mass is 10.0. The molecule has 0 spiro atoms. The Morgan fingerprint density at radius 2 is 2.06 bits per heavy atom. The maximum Gasteiger partial charge on any atom is 0.161 e. The molecule has 18 heavy (non-hydrogen) atoms. The summed E-state index contributed by atoms with van der Waals surface area (Å²) in [4.78, 5) is 20.0. The van der Waals surface area contributed by atoms with Gasteiger partial charge in [-0.05, 0) is 44.7 Å². The number of nitrogens with zero attached hydrogens (tertiary/aromatic N) is 3. The number of rotatable bonds is 2. The predicted octanol–water partition coefficient (Wildman–Crippen LogP) is 2.35. The molecule has 4 heteroatoms. The Bertz CT molecular complexity index is 584. The number of ketones is 1. The van der Waals surface area contributed by atoms with Crippen LogP contribution >= 0.6 is 0 Å². The first-order valence-corrected chi connectivity index (χ1v) is 6.28. The van der Waals surface area contributed by atoms with Crippen molar-refractivity contribution in [1.82, 2.24) is 14.5 Å². The van der Waals surface area contributed by atoms with E-state index < -0.39 is 0 Å². The zero-order valence-corrected chi connectivity index (χ0v) is 10.4. The molecule has 0 radical (unpaired) electrons. The molecular formula is C14H15N3O. The third-order valence-corrected chi connectivity index (χ3v) is 3.43. The van der Waals surface area contributed by atoms with Crippen molar-refractivity contribution < 1.29 is 4.79 Å². The van der Waals surface area contributed by atoms with Gasteiger partial charge in [0, 0.05) is 17.5 Å². The first kappa shape index (κ1) is 11.1. The van der Waals surface area contributed by atoms with Gasteiger partial charge >= 0.3 is 0 Å². The molecule has 0 atom stereocenters. The van der Waals surface area contributed by atoms with Gasteiger partial charge in [0.1, 0.15) is 12.1 Å². The molecule has 2 aromatic heterocycles. The largest absolute Gasteiger partial charge is 0.294 e. The number of hydrogen-bond donors (Lipinski definition) is 0. The Kier molecular flexibility index (Phi) is 2.70. The van der Waals surface area contributed by atoms with Gasteiger partial charge in [-0.3, -0.25) is 9.36 Å².